The van der Waals surface area contributed by atoms with Gasteiger partial charge in [-0.15, -0.1) is 5.10 Å². The Balaban J connectivity index is 2.92. The Labute approximate surface area is 88.3 Å². The van der Waals surface area contributed by atoms with Crippen LogP contribution in [0.3, 0.4) is 0 Å². The molecule has 2 N–H and O–H groups in total. The maximum Gasteiger partial charge on any atom is 0.174 e. The zero-order valence-electron chi connectivity index (χ0n) is 9.44. The molecule has 0 aliphatic rings. The van der Waals surface area contributed by atoms with Crippen LogP contribution in [-0.2, 0) is 7.05 Å². The molecular formula is C10H15N5. The van der Waals surface area contributed by atoms with Gasteiger partial charge in [0.1, 0.15) is 5.52 Å². The average molecular weight is 205 g/mol. The number of nitrogens with two attached hydrogens (primary N) is 1. The van der Waals surface area contributed by atoms with Crippen LogP contribution in [0.15, 0.2) is 0 Å². The quantitative estimate of drug-likeness (QED) is 0.763. The molecule has 5 heteroatoms. The smallest absolute Gasteiger partial charge is 0.174 e. The van der Waals surface area contributed by atoms with Crippen LogP contribution in [0.5, 0.6) is 0 Å². The minimum atomic E-state index is 0.391. The summed E-state index contributed by atoms with van der Waals surface area (Å²) in [6, 6.07) is 0. The Kier molecular flexibility index (Phi) is 2.10. The van der Waals surface area contributed by atoms with Crippen molar-refractivity contribution in [3.63, 3.8) is 0 Å². The summed E-state index contributed by atoms with van der Waals surface area (Å²) in [7, 11) is 1.92. The summed E-state index contributed by atoms with van der Waals surface area (Å²) < 4.78 is 1.86. The van der Waals surface area contributed by atoms with Crippen LogP contribution in [0.1, 0.15) is 31.2 Å². The van der Waals surface area contributed by atoms with E-state index in [0.717, 1.165) is 22.3 Å². The summed E-state index contributed by atoms with van der Waals surface area (Å²) in [6.45, 7) is 6.20. The number of hydrogen-bond acceptors (Lipinski definition) is 4. The number of nitrogen functional groups attached to an aromatic ring is 1. The van der Waals surface area contributed by atoms with Crippen LogP contribution in [0.25, 0.3) is 10.9 Å². The zero-order valence-corrected chi connectivity index (χ0v) is 9.44. The lowest BCUT2D eigenvalue weighted by atomic mass is 10.1. The highest BCUT2D eigenvalue weighted by Gasteiger charge is 2.17. The fourth-order valence-corrected chi connectivity index (χ4v) is 1.96. The summed E-state index contributed by atoms with van der Waals surface area (Å²) in [5.41, 5.74) is 8.56. The van der Waals surface area contributed by atoms with Gasteiger partial charge in [-0.05, 0) is 12.8 Å². The van der Waals surface area contributed by atoms with Crippen LogP contribution < -0.4 is 5.73 Å². The lowest BCUT2D eigenvalue weighted by Gasteiger charge is -2.06. The van der Waals surface area contributed by atoms with E-state index >= 15 is 0 Å². The van der Waals surface area contributed by atoms with Gasteiger partial charge in [0.15, 0.2) is 5.82 Å². The first-order valence-corrected chi connectivity index (χ1v) is 4.97. The van der Waals surface area contributed by atoms with E-state index in [0.29, 0.717) is 11.7 Å². The van der Waals surface area contributed by atoms with Crippen molar-refractivity contribution in [2.24, 2.45) is 7.05 Å². The Hall–Kier alpha value is -1.65. The van der Waals surface area contributed by atoms with Gasteiger partial charge in [-0.3, -0.25) is 4.68 Å². The van der Waals surface area contributed by atoms with Gasteiger partial charge in [-0.25, -0.2) is 0 Å². The largest absolute Gasteiger partial charge is 0.380 e. The van der Waals surface area contributed by atoms with Gasteiger partial charge in [0.05, 0.1) is 16.8 Å². The van der Waals surface area contributed by atoms with Gasteiger partial charge in [-0.1, -0.05) is 13.8 Å². The molecule has 2 aromatic heterocycles. The number of aryl methyl sites for hydroxylation is 2. The summed E-state index contributed by atoms with van der Waals surface area (Å²) >= 11 is 0. The first-order chi connectivity index (χ1) is 7.02. The average Bonchev–Trinajstić information content (AvgIpc) is 2.50. The van der Waals surface area contributed by atoms with Crippen molar-refractivity contribution < 1.29 is 0 Å². The molecule has 80 valence electrons. The van der Waals surface area contributed by atoms with Crippen molar-refractivity contribution in [1.29, 1.82) is 0 Å². The molecule has 0 unspecified atom stereocenters. The SMILES string of the molecule is Cc1nnc(N)c2nn(C)c(C(C)C)c12. The minimum Gasteiger partial charge on any atom is -0.380 e. The highest BCUT2D eigenvalue weighted by molar-refractivity contribution is 5.91. The van der Waals surface area contributed by atoms with E-state index in [-0.39, 0.29) is 0 Å². The number of nitrogens with zero attached hydrogens (tertiary/aromatic N) is 4. The monoisotopic (exact) mass is 205 g/mol. The van der Waals surface area contributed by atoms with Crippen molar-refractivity contribution >= 4 is 16.7 Å². The Morgan fingerprint density at radius 2 is 1.93 bits per heavy atom. The third kappa shape index (κ3) is 1.35. The fraction of sp³-hybridized carbons (Fsp3) is 0.500. The summed E-state index contributed by atoms with van der Waals surface area (Å²) in [5, 5.41) is 13.3. The van der Waals surface area contributed by atoms with Gasteiger partial charge in [-0.2, -0.15) is 10.2 Å². The predicted octanol–water partition coefficient (Wildman–Crippen LogP) is 1.38. The molecule has 0 spiro atoms. The van der Waals surface area contributed by atoms with Crippen LogP contribution in [0.4, 0.5) is 5.82 Å². The van der Waals surface area contributed by atoms with Gasteiger partial charge < -0.3 is 5.73 Å². The standard InChI is InChI=1S/C10H15N5/c1-5(2)9-7-6(3)12-13-10(11)8(7)14-15(9)4/h5H,1-4H3,(H2,11,13). The number of aromatic nitrogens is 4. The summed E-state index contributed by atoms with van der Waals surface area (Å²) in [4.78, 5) is 0. The van der Waals surface area contributed by atoms with E-state index in [4.69, 9.17) is 5.73 Å². The van der Waals surface area contributed by atoms with E-state index < -0.39 is 0 Å². The molecular weight excluding hydrogens is 190 g/mol. The van der Waals surface area contributed by atoms with Crippen molar-refractivity contribution in [2.45, 2.75) is 26.7 Å². The van der Waals surface area contributed by atoms with Crippen molar-refractivity contribution in [3.05, 3.63) is 11.4 Å². The molecule has 0 saturated carbocycles. The third-order valence-electron chi connectivity index (χ3n) is 2.55. The number of rotatable bonds is 1. The van der Waals surface area contributed by atoms with Crippen LogP contribution in [-0.4, -0.2) is 20.0 Å². The lowest BCUT2D eigenvalue weighted by molar-refractivity contribution is 0.677. The van der Waals surface area contributed by atoms with E-state index in [2.05, 4.69) is 29.1 Å². The zero-order chi connectivity index (χ0) is 11.2. The van der Waals surface area contributed by atoms with Gasteiger partial charge in [0.25, 0.3) is 0 Å². The highest BCUT2D eigenvalue weighted by Crippen LogP contribution is 2.28. The molecule has 0 saturated heterocycles. The number of fused-ring (bicyclic) bond motifs is 1. The molecule has 0 bridgehead atoms. The van der Waals surface area contributed by atoms with Crippen molar-refractivity contribution in [1.82, 2.24) is 20.0 Å². The number of anilines is 1. The Morgan fingerprint density at radius 1 is 1.27 bits per heavy atom. The first-order valence-electron chi connectivity index (χ1n) is 4.97. The first kappa shape index (κ1) is 9.89. The second kappa shape index (κ2) is 3.18. The maximum atomic E-state index is 5.76. The minimum absolute atomic E-state index is 0.391. The van der Waals surface area contributed by atoms with Crippen molar-refractivity contribution in [2.75, 3.05) is 5.73 Å². The highest BCUT2D eigenvalue weighted by atomic mass is 15.3. The molecule has 0 atom stereocenters. The summed E-state index contributed by atoms with van der Waals surface area (Å²) in [6.07, 6.45) is 0. The second-order valence-electron chi connectivity index (χ2n) is 4.06. The molecule has 5 nitrogen and oxygen atoms in total. The third-order valence-corrected chi connectivity index (χ3v) is 2.55. The molecule has 15 heavy (non-hydrogen) atoms. The molecule has 0 aliphatic heterocycles. The molecule has 2 heterocycles. The van der Waals surface area contributed by atoms with Crippen LogP contribution >= 0.6 is 0 Å². The van der Waals surface area contributed by atoms with Crippen molar-refractivity contribution in [3.8, 4) is 0 Å². The van der Waals surface area contributed by atoms with Gasteiger partial charge >= 0.3 is 0 Å². The molecule has 2 aromatic rings. The topological polar surface area (TPSA) is 69.6 Å². The van der Waals surface area contributed by atoms with E-state index in [9.17, 15) is 0 Å². The molecule has 0 aromatic carbocycles. The second-order valence-corrected chi connectivity index (χ2v) is 4.06. The molecule has 0 amide bonds. The molecule has 0 radical (unpaired) electrons. The van der Waals surface area contributed by atoms with E-state index in [1.165, 1.54) is 0 Å². The van der Waals surface area contributed by atoms with Crippen LogP contribution in [0.2, 0.25) is 0 Å². The van der Waals surface area contributed by atoms with Crippen LogP contribution in [0, 0.1) is 6.92 Å². The van der Waals surface area contributed by atoms with E-state index in [1.807, 2.05) is 18.7 Å². The maximum absolute atomic E-state index is 5.76. The number of hydrogen-bond donors (Lipinski definition) is 1. The predicted molar refractivity (Wildman–Crippen MR) is 59.5 cm³/mol. The molecule has 0 aliphatic carbocycles. The summed E-state index contributed by atoms with van der Waals surface area (Å²) in [5.74, 6) is 0.792. The molecule has 2 rings (SSSR count). The van der Waals surface area contributed by atoms with E-state index in [1.54, 1.807) is 0 Å². The lowest BCUT2D eigenvalue weighted by Crippen LogP contribution is -2.00. The fourth-order valence-electron chi connectivity index (χ4n) is 1.96. The molecule has 0 fully saturated rings. The van der Waals surface area contributed by atoms with Gasteiger partial charge in [0.2, 0.25) is 0 Å². The normalized spacial score (nSPS) is 11.5. The Morgan fingerprint density at radius 3 is 2.53 bits per heavy atom. The van der Waals surface area contributed by atoms with Gasteiger partial charge in [0, 0.05) is 7.05 Å². The Bertz CT molecular complexity index is 512.